The number of halogens is 1. The molecule has 3 aromatic rings. The molecule has 2 N–H and O–H groups in total. The number of nitrogen functional groups attached to an aromatic ring is 1. The van der Waals surface area contributed by atoms with E-state index in [-0.39, 0.29) is 0 Å². The molecule has 0 spiro atoms. The summed E-state index contributed by atoms with van der Waals surface area (Å²) in [5.41, 5.74) is 10.4. The Morgan fingerprint density at radius 3 is 2.48 bits per heavy atom. The Kier molecular flexibility index (Phi) is 3.29. The third kappa shape index (κ3) is 2.13. The summed E-state index contributed by atoms with van der Waals surface area (Å²) in [6.07, 6.45) is 1.44. The van der Waals surface area contributed by atoms with Crippen LogP contribution in [0.3, 0.4) is 0 Å². The molecule has 6 nitrogen and oxygen atoms in total. The SMILES string of the molecule is COc1ncnc2c1nc(N)n2-c1cc(C)c(Br)c(C)c1. The van der Waals surface area contributed by atoms with E-state index in [0.717, 1.165) is 21.3 Å². The van der Waals surface area contributed by atoms with Gasteiger partial charge >= 0.3 is 0 Å². The molecule has 0 saturated carbocycles. The summed E-state index contributed by atoms with van der Waals surface area (Å²) in [5.74, 6) is 0.765. The molecule has 0 aliphatic rings. The summed E-state index contributed by atoms with van der Waals surface area (Å²) in [6.45, 7) is 4.07. The van der Waals surface area contributed by atoms with Crippen LogP contribution in [0.4, 0.5) is 5.95 Å². The molecule has 0 radical (unpaired) electrons. The predicted molar refractivity (Wildman–Crippen MR) is 84.8 cm³/mol. The van der Waals surface area contributed by atoms with E-state index in [9.17, 15) is 0 Å². The maximum atomic E-state index is 6.06. The fourth-order valence-corrected chi connectivity index (χ4v) is 2.57. The van der Waals surface area contributed by atoms with Crippen molar-refractivity contribution in [3.8, 4) is 11.6 Å². The topological polar surface area (TPSA) is 78.8 Å². The van der Waals surface area contributed by atoms with Crippen LogP contribution in [0.5, 0.6) is 5.88 Å². The lowest BCUT2D eigenvalue weighted by Gasteiger charge is -2.10. The lowest BCUT2D eigenvalue weighted by molar-refractivity contribution is 0.401. The molecule has 0 atom stereocenters. The van der Waals surface area contributed by atoms with E-state index in [0.29, 0.717) is 23.0 Å². The van der Waals surface area contributed by atoms with E-state index in [1.54, 1.807) is 11.7 Å². The third-order valence-electron chi connectivity index (χ3n) is 3.31. The minimum Gasteiger partial charge on any atom is -0.479 e. The molecule has 0 amide bonds. The zero-order valence-electron chi connectivity index (χ0n) is 11.9. The summed E-state index contributed by atoms with van der Waals surface area (Å²) in [4.78, 5) is 12.7. The Morgan fingerprint density at radius 2 is 1.86 bits per heavy atom. The van der Waals surface area contributed by atoms with Gasteiger partial charge in [-0.05, 0) is 37.1 Å². The van der Waals surface area contributed by atoms with Crippen LogP contribution in [0.1, 0.15) is 11.1 Å². The van der Waals surface area contributed by atoms with Gasteiger partial charge in [0.1, 0.15) is 6.33 Å². The molecule has 3 rings (SSSR count). The number of rotatable bonds is 2. The van der Waals surface area contributed by atoms with E-state index in [1.165, 1.54) is 6.33 Å². The number of anilines is 1. The van der Waals surface area contributed by atoms with Crippen LogP contribution in [-0.4, -0.2) is 26.6 Å². The van der Waals surface area contributed by atoms with Gasteiger partial charge in [0, 0.05) is 4.47 Å². The molecule has 0 bridgehead atoms. The molecule has 108 valence electrons. The highest BCUT2D eigenvalue weighted by molar-refractivity contribution is 9.10. The van der Waals surface area contributed by atoms with E-state index in [4.69, 9.17) is 10.5 Å². The van der Waals surface area contributed by atoms with E-state index in [1.807, 2.05) is 26.0 Å². The first-order valence-corrected chi connectivity index (χ1v) is 7.12. The van der Waals surface area contributed by atoms with Crippen molar-refractivity contribution in [2.75, 3.05) is 12.8 Å². The Balaban J connectivity index is 2.33. The maximum absolute atomic E-state index is 6.06. The smallest absolute Gasteiger partial charge is 0.245 e. The number of fused-ring (bicyclic) bond motifs is 1. The summed E-state index contributed by atoms with van der Waals surface area (Å²) in [6, 6.07) is 4.06. The number of nitrogens with zero attached hydrogens (tertiary/aromatic N) is 4. The van der Waals surface area contributed by atoms with Gasteiger partial charge in [-0.15, -0.1) is 0 Å². The van der Waals surface area contributed by atoms with Gasteiger partial charge in [-0.25, -0.2) is 9.97 Å². The molecule has 2 heterocycles. The Labute approximate surface area is 130 Å². The summed E-state index contributed by atoms with van der Waals surface area (Å²) in [7, 11) is 1.55. The van der Waals surface area contributed by atoms with E-state index < -0.39 is 0 Å². The fourth-order valence-electron chi connectivity index (χ4n) is 2.34. The summed E-state index contributed by atoms with van der Waals surface area (Å²) < 4.78 is 8.09. The molecular weight excluding hydrogens is 334 g/mol. The second kappa shape index (κ2) is 5.00. The van der Waals surface area contributed by atoms with Crippen LogP contribution in [0.2, 0.25) is 0 Å². The minimum atomic E-state index is 0.352. The van der Waals surface area contributed by atoms with Gasteiger partial charge in [0.15, 0.2) is 11.2 Å². The molecule has 0 aliphatic carbocycles. The Hall–Kier alpha value is -2.15. The van der Waals surface area contributed by atoms with Crippen LogP contribution >= 0.6 is 15.9 Å². The zero-order chi connectivity index (χ0) is 15.1. The van der Waals surface area contributed by atoms with Crippen molar-refractivity contribution in [2.45, 2.75) is 13.8 Å². The van der Waals surface area contributed by atoms with E-state index in [2.05, 4.69) is 30.9 Å². The number of benzene rings is 1. The average molecular weight is 348 g/mol. The number of aryl methyl sites for hydroxylation is 2. The standard InChI is InChI=1S/C14H14BrN5O/c1-7-4-9(5-8(2)10(7)15)20-12-11(19-14(20)16)13(21-3)18-6-17-12/h4-6H,1-3H3,(H2,16,19). The van der Waals surface area contributed by atoms with Gasteiger partial charge in [0.25, 0.3) is 0 Å². The monoisotopic (exact) mass is 347 g/mol. The molecule has 0 saturated heterocycles. The van der Waals surface area contributed by atoms with Crippen LogP contribution < -0.4 is 10.5 Å². The second-order valence-corrected chi connectivity index (χ2v) is 5.55. The maximum Gasteiger partial charge on any atom is 0.245 e. The van der Waals surface area contributed by atoms with Crippen LogP contribution in [-0.2, 0) is 0 Å². The molecule has 7 heteroatoms. The van der Waals surface area contributed by atoms with Crippen LogP contribution in [0.15, 0.2) is 22.9 Å². The van der Waals surface area contributed by atoms with Crippen molar-refractivity contribution >= 4 is 33.0 Å². The van der Waals surface area contributed by atoms with Crippen LogP contribution in [0, 0.1) is 13.8 Å². The molecule has 0 fully saturated rings. The number of ether oxygens (including phenoxy) is 1. The van der Waals surface area contributed by atoms with Crippen molar-refractivity contribution in [2.24, 2.45) is 0 Å². The van der Waals surface area contributed by atoms with Crippen LogP contribution in [0.25, 0.3) is 16.9 Å². The average Bonchev–Trinajstić information content (AvgIpc) is 2.80. The number of aromatic nitrogens is 4. The van der Waals surface area contributed by atoms with Gasteiger partial charge in [0.2, 0.25) is 11.8 Å². The van der Waals surface area contributed by atoms with Gasteiger partial charge in [0.05, 0.1) is 12.8 Å². The molecule has 2 aromatic heterocycles. The highest BCUT2D eigenvalue weighted by Crippen LogP contribution is 2.29. The Bertz CT molecular complexity index is 820. The molecule has 0 unspecified atom stereocenters. The third-order valence-corrected chi connectivity index (χ3v) is 4.56. The van der Waals surface area contributed by atoms with Crippen molar-refractivity contribution in [3.05, 3.63) is 34.1 Å². The molecule has 21 heavy (non-hydrogen) atoms. The highest BCUT2D eigenvalue weighted by Gasteiger charge is 2.16. The quantitative estimate of drug-likeness (QED) is 0.770. The van der Waals surface area contributed by atoms with Crippen molar-refractivity contribution in [1.29, 1.82) is 0 Å². The molecule has 0 aliphatic heterocycles. The number of imidazole rings is 1. The number of hydrogen-bond donors (Lipinski definition) is 1. The number of nitrogens with two attached hydrogens (primary N) is 1. The first-order chi connectivity index (χ1) is 10.0. The van der Waals surface area contributed by atoms with Crippen molar-refractivity contribution in [1.82, 2.24) is 19.5 Å². The molecule has 1 aromatic carbocycles. The van der Waals surface area contributed by atoms with Gasteiger partial charge in [-0.2, -0.15) is 4.98 Å². The highest BCUT2D eigenvalue weighted by atomic mass is 79.9. The second-order valence-electron chi connectivity index (χ2n) is 4.75. The normalized spacial score (nSPS) is 11.0. The molecular formula is C14H14BrN5O. The predicted octanol–water partition coefficient (Wildman–Crippen LogP) is 2.79. The summed E-state index contributed by atoms with van der Waals surface area (Å²) in [5, 5.41) is 0. The Morgan fingerprint density at radius 1 is 1.19 bits per heavy atom. The minimum absolute atomic E-state index is 0.352. The van der Waals surface area contributed by atoms with Gasteiger partial charge in [-0.1, -0.05) is 15.9 Å². The lowest BCUT2D eigenvalue weighted by atomic mass is 10.1. The van der Waals surface area contributed by atoms with Crippen molar-refractivity contribution in [3.63, 3.8) is 0 Å². The number of hydrogen-bond acceptors (Lipinski definition) is 5. The lowest BCUT2D eigenvalue weighted by Crippen LogP contribution is -2.02. The first kappa shape index (κ1) is 13.8. The fraction of sp³-hybridized carbons (Fsp3) is 0.214. The first-order valence-electron chi connectivity index (χ1n) is 6.33. The van der Waals surface area contributed by atoms with E-state index >= 15 is 0 Å². The zero-order valence-corrected chi connectivity index (χ0v) is 13.5. The van der Waals surface area contributed by atoms with Crippen molar-refractivity contribution < 1.29 is 4.74 Å². The largest absolute Gasteiger partial charge is 0.479 e. The van der Waals surface area contributed by atoms with Gasteiger partial charge < -0.3 is 10.5 Å². The summed E-state index contributed by atoms with van der Waals surface area (Å²) >= 11 is 3.57. The van der Waals surface area contributed by atoms with Gasteiger partial charge in [-0.3, -0.25) is 4.57 Å². The number of methoxy groups -OCH3 is 1.